The second-order valence-electron chi connectivity index (χ2n) is 5.03. The molecule has 1 amide bonds. The lowest BCUT2D eigenvalue weighted by Crippen LogP contribution is -2.33. The molecule has 0 aromatic carbocycles. The standard InChI is InChI=1S/C14H19Br2N5O/c1-3-13(21-8-11(15)7-18-21)14(22)17-5-4-6-20-9-12(16)10(2)19-20/h7-9,13H,3-6H2,1-2H3,(H,17,22). The van der Waals surface area contributed by atoms with Gasteiger partial charge in [0, 0.05) is 25.5 Å². The van der Waals surface area contributed by atoms with Crippen molar-refractivity contribution in [3.05, 3.63) is 33.2 Å². The van der Waals surface area contributed by atoms with E-state index < -0.39 is 0 Å². The zero-order chi connectivity index (χ0) is 16.1. The van der Waals surface area contributed by atoms with Crippen LogP contribution in [-0.4, -0.2) is 32.0 Å². The van der Waals surface area contributed by atoms with Crippen molar-refractivity contribution < 1.29 is 4.79 Å². The molecular formula is C14H19Br2N5O. The van der Waals surface area contributed by atoms with Crippen molar-refractivity contribution in [2.45, 2.75) is 39.3 Å². The molecule has 6 nitrogen and oxygen atoms in total. The topological polar surface area (TPSA) is 64.7 Å². The summed E-state index contributed by atoms with van der Waals surface area (Å²) in [5.74, 6) is -0.00377. The minimum absolute atomic E-state index is 0.00377. The van der Waals surface area contributed by atoms with Crippen LogP contribution in [0.2, 0.25) is 0 Å². The summed E-state index contributed by atoms with van der Waals surface area (Å²) in [7, 11) is 0. The molecule has 0 aliphatic rings. The van der Waals surface area contributed by atoms with Crippen LogP contribution in [0.4, 0.5) is 0 Å². The minimum atomic E-state index is -0.271. The Morgan fingerprint density at radius 1 is 1.41 bits per heavy atom. The van der Waals surface area contributed by atoms with Crippen molar-refractivity contribution in [1.29, 1.82) is 0 Å². The first-order valence-corrected chi connectivity index (χ1v) is 8.76. The maximum atomic E-state index is 12.2. The Hall–Kier alpha value is -1.15. The molecule has 22 heavy (non-hydrogen) atoms. The Bertz CT molecular complexity index is 617. The summed E-state index contributed by atoms with van der Waals surface area (Å²) in [5.41, 5.74) is 0.972. The number of nitrogens with one attached hydrogen (secondary N) is 1. The average molecular weight is 433 g/mol. The van der Waals surface area contributed by atoms with Crippen LogP contribution in [0, 0.1) is 6.92 Å². The molecule has 0 radical (unpaired) electrons. The molecule has 1 N–H and O–H groups in total. The van der Waals surface area contributed by atoms with Crippen molar-refractivity contribution in [3.8, 4) is 0 Å². The Kier molecular flexibility index (Phi) is 6.19. The smallest absolute Gasteiger partial charge is 0.244 e. The van der Waals surface area contributed by atoms with E-state index in [1.54, 1.807) is 10.9 Å². The number of amides is 1. The highest BCUT2D eigenvalue weighted by atomic mass is 79.9. The summed E-state index contributed by atoms with van der Waals surface area (Å²) in [4.78, 5) is 12.2. The predicted octanol–water partition coefficient (Wildman–Crippen LogP) is 3.07. The van der Waals surface area contributed by atoms with E-state index in [-0.39, 0.29) is 11.9 Å². The lowest BCUT2D eigenvalue weighted by Gasteiger charge is -2.15. The van der Waals surface area contributed by atoms with E-state index in [0.717, 1.165) is 27.6 Å². The molecular weight excluding hydrogens is 414 g/mol. The lowest BCUT2D eigenvalue weighted by molar-refractivity contribution is -0.124. The van der Waals surface area contributed by atoms with E-state index in [1.807, 2.05) is 30.9 Å². The molecule has 0 aliphatic heterocycles. The molecule has 2 heterocycles. The monoisotopic (exact) mass is 431 g/mol. The zero-order valence-corrected chi connectivity index (χ0v) is 15.8. The molecule has 0 fully saturated rings. The second-order valence-corrected chi connectivity index (χ2v) is 6.80. The number of hydrogen-bond donors (Lipinski definition) is 1. The van der Waals surface area contributed by atoms with Crippen LogP contribution in [0.25, 0.3) is 0 Å². The van der Waals surface area contributed by atoms with Gasteiger partial charge in [0.15, 0.2) is 0 Å². The van der Waals surface area contributed by atoms with Gasteiger partial charge in [-0.3, -0.25) is 14.2 Å². The van der Waals surface area contributed by atoms with Crippen molar-refractivity contribution in [3.63, 3.8) is 0 Å². The summed E-state index contributed by atoms with van der Waals surface area (Å²) < 4.78 is 5.45. The second kappa shape index (κ2) is 7.92. The Balaban J connectivity index is 1.79. The molecule has 0 spiro atoms. The summed E-state index contributed by atoms with van der Waals surface area (Å²) in [5, 5.41) is 11.5. The van der Waals surface area contributed by atoms with Crippen LogP contribution >= 0.6 is 31.9 Å². The normalized spacial score (nSPS) is 12.4. The van der Waals surface area contributed by atoms with Gasteiger partial charge in [-0.2, -0.15) is 10.2 Å². The third kappa shape index (κ3) is 4.42. The molecule has 0 saturated carbocycles. The highest BCUT2D eigenvalue weighted by Gasteiger charge is 2.18. The van der Waals surface area contributed by atoms with Gasteiger partial charge in [-0.05, 0) is 51.6 Å². The minimum Gasteiger partial charge on any atom is -0.354 e. The molecule has 120 valence electrons. The fourth-order valence-electron chi connectivity index (χ4n) is 2.16. The molecule has 0 bridgehead atoms. The van der Waals surface area contributed by atoms with Gasteiger partial charge in [0.25, 0.3) is 0 Å². The molecule has 0 aliphatic carbocycles. The number of halogens is 2. The lowest BCUT2D eigenvalue weighted by atomic mass is 10.2. The maximum Gasteiger partial charge on any atom is 0.244 e. The summed E-state index contributed by atoms with van der Waals surface area (Å²) in [6.07, 6.45) is 6.99. The number of rotatable bonds is 7. The van der Waals surface area contributed by atoms with Gasteiger partial charge in [-0.15, -0.1) is 0 Å². The fourth-order valence-corrected chi connectivity index (χ4v) is 2.77. The largest absolute Gasteiger partial charge is 0.354 e. The summed E-state index contributed by atoms with van der Waals surface area (Å²) in [6.45, 7) is 5.32. The third-order valence-electron chi connectivity index (χ3n) is 3.33. The van der Waals surface area contributed by atoms with Gasteiger partial charge < -0.3 is 5.32 Å². The van der Waals surface area contributed by atoms with E-state index in [4.69, 9.17) is 0 Å². The van der Waals surface area contributed by atoms with Crippen molar-refractivity contribution in [2.24, 2.45) is 0 Å². The van der Waals surface area contributed by atoms with Gasteiger partial charge in [0.05, 0.1) is 20.8 Å². The molecule has 0 saturated heterocycles. The van der Waals surface area contributed by atoms with Crippen LogP contribution in [-0.2, 0) is 11.3 Å². The first-order chi connectivity index (χ1) is 10.5. The van der Waals surface area contributed by atoms with Crippen LogP contribution in [0.3, 0.4) is 0 Å². The van der Waals surface area contributed by atoms with E-state index in [2.05, 4.69) is 47.4 Å². The molecule has 1 atom stereocenters. The first-order valence-electron chi connectivity index (χ1n) is 7.18. The average Bonchev–Trinajstić information content (AvgIpc) is 3.03. The van der Waals surface area contributed by atoms with Crippen LogP contribution < -0.4 is 5.32 Å². The highest BCUT2D eigenvalue weighted by molar-refractivity contribution is 9.10. The van der Waals surface area contributed by atoms with E-state index in [9.17, 15) is 4.79 Å². The predicted molar refractivity (Wildman–Crippen MR) is 91.5 cm³/mol. The van der Waals surface area contributed by atoms with Gasteiger partial charge in [-0.1, -0.05) is 6.92 Å². The number of carbonyl (C=O) groups excluding carboxylic acids is 1. The fraction of sp³-hybridized carbons (Fsp3) is 0.500. The Morgan fingerprint density at radius 2 is 2.18 bits per heavy atom. The van der Waals surface area contributed by atoms with Gasteiger partial charge in [0.2, 0.25) is 5.91 Å². The van der Waals surface area contributed by atoms with Gasteiger partial charge in [0.1, 0.15) is 6.04 Å². The highest BCUT2D eigenvalue weighted by Crippen LogP contribution is 2.15. The maximum absolute atomic E-state index is 12.2. The third-order valence-corrected chi connectivity index (χ3v) is 4.52. The van der Waals surface area contributed by atoms with E-state index >= 15 is 0 Å². The number of nitrogens with zero attached hydrogens (tertiary/aromatic N) is 4. The summed E-state index contributed by atoms with van der Waals surface area (Å²) >= 11 is 6.79. The molecule has 2 rings (SSSR count). The molecule has 2 aromatic heterocycles. The van der Waals surface area contributed by atoms with Gasteiger partial charge >= 0.3 is 0 Å². The van der Waals surface area contributed by atoms with Crippen LogP contribution in [0.15, 0.2) is 27.5 Å². The Labute approximate surface area is 146 Å². The van der Waals surface area contributed by atoms with Gasteiger partial charge in [-0.25, -0.2) is 0 Å². The van der Waals surface area contributed by atoms with Crippen LogP contribution in [0.5, 0.6) is 0 Å². The zero-order valence-electron chi connectivity index (χ0n) is 12.6. The summed E-state index contributed by atoms with van der Waals surface area (Å²) in [6, 6.07) is -0.271. The van der Waals surface area contributed by atoms with Crippen molar-refractivity contribution >= 4 is 37.8 Å². The van der Waals surface area contributed by atoms with E-state index in [0.29, 0.717) is 13.0 Å². The number of aromatic nitrogens is 4. The SMILES string of the molecule is CCC(C(=O)NCCCn1cc(Br)c(C)n1)n1cc(Br)cn1. The number of aryl methyl sites for hydroxylation is 2. The van der Waals surface area contributed by atoms with Crippen molar-refractivity contribution in [2.75, 3.05) is 6.54 Å². The quantitative estimate of drug-likeness (QED) is 0.683. The molecule has 2 aromatic rings. The molecule has 8 heteroatoms. The number of carbonyl (C=O) groups is 1. The molecule has 1 unspecified atom stereocenters. The van der Waals surface area contributed by atoms with Crippen molar-refractivity contribution in [1.82, 2.24) is 24.9 Å². The number of hydrogen-bond acceptors (Lipinski definition) is 3. The van der Waals surface area contributed by atoms with E-state index in [1.165, 1.54) is 0 Å². The Morgan fingerprint density at radius 3 is 2.73 bits per heavy atom. The van der Waals surface area contributed by atoms with Crippen LogP contribution in [0.1, 0.15) is 31.5 Å². The first kappa shape index (κ1) is 17.2.